The highest BCUT2D eigenvalue weighted by molar-refractivity contribution is 5.95. The summed E-state index contributed by atoms with van der Waals surface area (Å²) in [4.78, 5) is 24.4. The van der Waals surface area contributed by atoms with Crippen LogP contribution in [-0.2, 0) is 20.7 Å². The fraction of sp³-hybridized carbons (Fsp3) is 0.379. The summed E-state index contributed by atoms with van der Waals surface area (Å²) in [5, 5.41) is 1.10. The van der Waals surface area contributed by atoms with E-state index in [1.54, 1.807) is 26.2 Å². The van der Waals surface area contributed by atoms with E-state index in [1.807, 2.05) is 39.0 Å². The van der Waals surface area contributed by atoms with Crippen molar-refractivity contribution in [3.63, 3.8) is 0 Å². The van der Waals surface area contributed by atoms with Crippen LogP contribution in [0.3, 0.4) is 0 Å². The van der Waals surface area contributed by atoms with Crippen LogP contribution < -0.4 is 4.74 Å². The normalized spacial score (nSPS) is 12.2. The number of benzene rings is 2. The zero-order valence-electron chi connectivity index (χ0n) is 21.9. The molecule has 186 valence electrons. The minimum absolute atomic E-state index is 0.278. The molecule has 0 atom stereocenters. The molecule has 3 rings (SSSR count). The van der Waals surface area contributed by atoms with Gasteiger partial charge in [-0.2, -0.15) is 0 Å². The van der Waals surface area contributed by atoms with Gasteiger partial charge in [0.15, 0.2) is 0 Å². The van der Waals surface area contributed by atoms with Crippen molar-refractivity contribution in [3.8, 4) is 5.75 Å². The predicted molar refractivity (Wildman–Crippen MR) is 139 cm³/mol. The molecular formula is C29H35NO5. The van der Waals surface area contributed by atoms with Crippen LogP contribution in [0, 0.1) is 0 Å². The van der Waals surface area contributed by atoms with E-state index < -0.39 is 11.6 Å². The number of carbonyl (C=O) groups is 2. The molecule has 1 heterocycles. The van der Waals surface area contributed by atoms with E-state index in [1.165, 1.54) is 7.11 Å². The third kappa shape index (κ3) is 6.13. The van der Waals surface area contributed by atoms with Crippen molar-refractivity contribution >= 4 is 28.9 Å². The number of ether oxygens (including phenoxy) is 3. The van der Waals surface area contributed by atoms with Crippen molar-refractivity contribution in [2.75, 3.05) is 14.2 Å². The summed E-state index contributed by atoms with van der Waals surface area (Å²) >= 11 is 0. The van der Waals surface area contributed by atoms with E-state index in [2.05, 4.69) is 36.7 Å². The smallest absolute Gasteiger partial charge is 0.337 e. The van der Waals surface area contributed by atoms with Gasteiger partial charge in [-0.1, -0.05) is 12.1 Å². The first-order chi connectivity index (χ1) is 16.4. The van der Waals surface area contributed by atoms with Gasteiger partial charge in [-0.15, -0.1) is 0 Å². The Morgan fingerprint density at radius 2 is 1.74 bits per heavy atom. The van der Waals surface area contributed by atoms with Gasteiger partial charge < -0.3 is 18.8 Å². The summed E-state index contributed by atoms with van der Waals surface area (Å²) in [7, 11) is 2.96. The predicted octanol–water partition coefficient (Wildman–Crippen LogP) is 6.35. The Labute approximate surface area is 207 Å². The second-order valence-corrected chi connectivity index (χ2v) is 9.96. The maximum Gasteiger partial charge on any atom is 0.337 e. The van der Waals surface area contributed by atoms with Gasteiger partial charge in [0.2, 0.25) is 0 Å². The van der Waals surface area contributed by atoms with E-state index in [-0.39, 0.29) is 12.0 Å². The van der Waals surface area contributed by atoms with Crippen LogP contribution in [0.2, 0.25) is 0 Å². The average Bonchev–Trinajstić information content (AvgIpc) is 3.15. The van der Waals surface area contributed by atoms with Crippen molar-refractivity contribution in [1.82, 2.24) is 4.57 Å². The van der Waals surface area contributed by atoms with Crippen LogP contribution >= 0.6 is 0 Å². The number of esters is 2. The van der Waals surface area contributed by atoms with Gasteiger partial charge in [0.1, 0.15) is 11.4 Å². The number of hydrogen-bond acceptors (Lipinski definition) is 5. The largest absolute Gasteiger partial charge is 0.496 e. The third-order valence-corrected chi connectivity index (χ3v) is 5.69. The Kier molecular flexibility index (Phi) is 7.73. The molecule has 2 aromatic carbocycles. The molecule has 0 spiro atoms. The van der Waals surface area contributed by atoms with Gasteiger partial charge in [0, 0.05) is 35.1 Å². The fourth-order valence-electron chi connectivity index (χ4n) is 4.01. The Hall–Kier alpha value is -3.54. The molecule has 0 radical (unpaired) electrons. The molecule has 0 aliphatic heterocycles. The number of methoxy groups -OCH3 is 2. The number of carbonyl (C=O) groups excluding carboxylic acids is 2. The summed E-state index contributed by atoms with van der Waals surface area (Å²) in [5.41, 5.74) is 4.59. The van der Waals surface area contributed by atoms with Crippen molar-refractivity contribution < 1.29 is 23.8 Å². The van der Waals surface area contributed by atoms with Crippen LogP contribution in [0.1, 0.15) is 74.6 Å². The molecule has 1 aromatic heterocycles. The molecule has 0 bridgehead atoms. The standard InChI is InChI=1S/C29H35NO5/c1-18(2)30-17-23(15-21-10-11-22(28(32)34-8)16-26(21)33-7)24-14-20(9-12-25(24)30)13-19(3)27(31)35-29(4,5)6/h9-14,16-18H,15H2,1-8H3/b19-13+. The van der Waals surface area contributed by atoms with Crippen LogP contribution in [0.4, 0.5) is 0 Å². The van der Waals surface area contributed by atoms with Crippen molar-refractivity contribution in [3.05, 3.63) is 70.4 Å². The lowest BCUT2D eigenvalue weighted by atomic mass is 10.00. The van der Waals surface area contributed by atoms with Gasteiger partial charge in [-0.3, -0.25) is 0 Å². The summed E-state index contributed by atoms with van der Waals surface area (Å²) < 4.78 is 18.2. The van der Waals surface area contributed by atoms with Crippen LogP contribution in [0.25, 0.3) is 17.0 Å². The van der Waals surface area contributed by atoms with Gasteiger partial charge in [0.05, 0.1) is 19.8 Å². The van der Waals surface area contributed by atoms with Crippen LogP contribution in [-0.4, -0.2) is 36.3 Å². The average molecular weight is 478 g/mol. The molecule has 0 aliphatic rings. The van der Waals surface area contributed by atoms with Crippen molar-refractivity contribution in [2.45, 2.75) is 59.6 Å². The lowest BCUT2D eigenvalue weighted by Gasteiger charge is -2.19. The monoisotopic (exact) mass is 477 g/mol. The van der Waals surface area contributed by atoms with E-state index in [4.69, 9.17) is 14.2 Å². The maximum atomic E-state index is 12.5. The number of aromatic nitrogens is 1. The molecule has 0 N–H and O–H groups in total. The number of nitrogens with zero attached hydrogens (tertiary/aromatic N) is 1. The Balaban J connectivity index is 2.04. The molecule has 0 unspecified atom stereocenters. The van der Waals surface area contributed by atoms with Crippen molar-refractivity contribution in [2.24, 2.45) is 0 Å². The minimum Gasteiger partial charge on any atom is -0.496 e. The second-order valence-electron chi connectivity index (χ2n) is 9.96. The van der Waals surface area contributed by atoms with Crippen molar-refractivity contribution in [1.29, 1.82) is 0 Å². The van der Waals surface area contributed by atoms with Gasteiger partial charge in [0.25, 0.3) is 0 Å². The molecule has 0 saturated heterocycles. The summed E-state index contributed by atoms with van der Waals surface area (Å²) in [5.74, 6) is -0.0915. The number of hydrogen-bond donors (Lipinski definition) is 0. The molecule has 6 nitrogen and oxygen atoms in total. The minimum atomic E-state index is -0.541. The second kappa shape index (κ2) is 10.4. The molecule has 0 fully saturated rings. The Morgan fingerprint density at radius 3 is 2.34 bits per heavy atom. The molecule has 0 aliphatic carbocycles. The first kappa shape index (κ1) is 26.1. The zero-order valence-corrected chi connectivity index (χ0v) is 21.9. The molecule has 0 saturated carbocycles. The lowest BCUT2D eigenvalue weighted by molar-refractivity contribution is -0.149. The van der Waals surface area contributed by atoms with Crippen LogP contribution in [0.5, 0.6) is 5.75 Å². The molecule has 35 heavy (non-hydrogen) atoms. The molecule has 3 aromatic rings. The topological polar surface area (TPSA) is 66.8 Å². The summed E-state index contributed by atoms with van der Waals surface area (Å²) in [6, 6.07) is 11.9. The first-order valence-electron chi connectivity index (χ1n) is 11.7. The zero-order chi connectivity index (χ0) is 25.9. The first-order valence-corrected chi connectivity index (χ1v) is 11.7. The molecule has 0 amide bonds. The molecule has 6 heteroatoms. The van der Waals surface area contributed by atoms with E-state index in [0.717, 1.165) is 27.6 Å². The summed E-state index contributed by atoms with van der Waals surface area (Å²) in [6.45, 7) is 11.6. The third-order valence-electron chi connectivity index (χ3n) is 5.69. The quantitative estimate of drug-likeness (QED) is 0.293. The van der Waals surface area contributed by atoms with Gasteiger partial charge >= 0.3 is 11.9 Å². The highest BCUT2D eigenvalue weighted by Gasteiger charge is 2.18. The Morgan fingerprint density at radius 1 is 1.03 bits per heavy atom. The highest BCUT2D eigenvalue weighted by Crippen LogP contribution is 2.31. The highest BCUT2D eigenvalue weighted by atomic mass is 16.6. The summed E-state index contributed by atoms with van der Waals surface area (Å²) in [6.07, 6.45) is 4.64. The number of rotatable bonds is 7. The van der Waals surface area contributed by atoms with E-state index in [9.17, 15) is 9.59 Å². The van der Waals surface area contributed by atoms with Gasteiger partial charge in [-0.25, -0.2) is 9.59 Å². The Bertz CT molecular complexity index is 1270. The SMILES string of the molecule is COC(=O)c1ccc(Cc2cn(C(C)C)c3ccc(/C=C(\C)C(=O)OC(C)(C)C)cc23)c(OC)c1. The van der Waals surface area contributed by atoms with Crippen LogP contribution in [0.15, 0.2) is 48.2 Å². The lowest BCUT2D eigenvalue weighted by Crippen LogP contribution is -2.24. The van der Waals surface area contributed by atoms with E-state index in [0.29, 0.717) is 23.3 Å². The molecular weight excluding hydrogens is 442 g/mol. The fourth-order valence-corrected chi connectivity index (χ4v) is 4.01. The van der Waals surface area contributed by atoms with Gasteiger partial charge in [-0.05, 0) is 88.6 Å². The number of fused-ring (bicyclic) bond motifs is 1. The maximum absolute atomic E-state index is 12.5. The van der Waals surface area contributed by atoms with E-state index >= 15 is 0 Å².